The second kappa shape index (κ2) is 6.97. The van der Waals surface area contributed by atoms with Gasteiger partial charge in [0.25, 0.3) is 0 Å². The maximum atomic E-state index is 11.1. The second-order valence-corrected chi connectivity index (χ2v) is 4.04. The van der Waals surface area contributed by atoms with Gasteiger partial charge in [0.2, 0.25) is 0 Å². The van der Waals surface area contributed by atoms with Gasteiger partial charge in [-0.25, -0.2) is 4.79 Å². The van der Waals surface area contributed by atoms with Gasteiger partial charge in [-0.2, -0.15) is 0 Å². The van der Waals surface area contributed by atoms with Crippen molar-refractivity contribution in [2.24, 2.45) is 5.73 Å². The summed E-state index contributed by atoms with van der Waals surface area (Å²) in [5, 5.41) is 0.704. The second-order valence-electron chi connectivity index (χ2n) is 3.60. The van der Waals surface area contributed by atoms with Crippen molar-refractivity contribution in [3.63, 3.8) is 0 Å². The predicted molar refractivity (Wildman–Crippen MR) is 68.7 cm³/mol. The van der Waals surface area contributed by atoms with E-state index in [9.17, 15) is 4.79 Å². The van der Waals surface area contributed by atoms with Gasteiger partial charge in [-0.3, -0.25) is 0 Å². The molecule has 4 heteroatoms. The highest BCUT2D eigenvalue weighted by Gasteiger charge is 2.00. The summed E-state index contributed by atoms with van der Waals surface area (Å²) in [6, 6.07) is 7.58. The molecule has 0 aromatic heterocycles. The lowest BCUT2D eigenvalue weighted by Crippen LogP contribution is -2.06. The molecule has 0 heterocycles. The van der Waals surface area contributed by atoms with E-state index in [1.165, 1.54) is 6.08 Å². The van der Waals surface area contributed by atoms with Crippen LogP contribution in [0.1, 0.15) is 18.9 Å². The van der Waals surface area contributed by atoms with E-state index in [2.05, 4.69) is 0 Å². The summed E-state index contributed by atoms with van der Waals surface area (Å²) in [6.45, 7) is 2.12. The van der Waals surface area contributed by atoms with E-state index < -0.39 is 5.97 Å². The van der Waals surface area contributed by atoms with Crippen molar-refractivity contribution in [3.05, 3.63) is 46.6 Å². The fourth-order valence-corrected chi connectivity index (χ4v) is 1.60. The number of ether oxygens (including phenoxy) is 1. The number of nitrogens with two attached hydrogens (primary N) is 1. The zero-order valence-corrected chi connectivity index (χ0v) is 10.5. The molecule has 0 fully saturated rings. The molecule has 3 nitrogen and oxygen atoms in total. The van der Waals surface area contributed by atoms with Crippen LogP contribution in [0.15, 0.2) is 36.0 Å². The van der Waals surface area contributed by atoms with E-state index in [-0.39, 0.29) is 0 Å². The Morgan fingerprint density at radius 1 is 1.53 bits per heavy atom. The number of esters is 1. The van der Waals surface area contributed by atoms with Crippen molar-refractivity contribution in [1.82, 2.24) is 0 Å². The van der Waals surface area contributed by atoms with Gasteiger partial charge in [0.1, 0.15) is 0 Å². The topological polar surface area (TPSA) is 52.3 Å². The Balaban J connectivity index is 2.48. The van der Waals surface area contributed by atoms with Gasteiger partial charge >= 0.3 is 5.97 Å². The zero-order valence-electron chi connectivity index (χ0n) is 9.78. The standard InChI is InChI=1S/C13H16ClNO2/c1-2-17-13(16)9-12(15)7-6-10-4-3-5-11(14)8-10/h3-5,8-9H,2,6-7,15H2,1H3/b12-9-. The Morgan fingerprint density at radius 3 is 2.94 bits per heavy atom. The Hall–Kier alpha value is -1.48. The van der Waals surface area contributed by atoms with Gasteiger partial charge in [-0.1, -0.05) is 23.7 Å². The molecule has 0 spiro atoms. The zero-order chi connectivity index (χ0) is 12.7. The molecule has 1 aromatic rings. The molecule has 0 amide bonds. The van der Waals surface area contributed by atoms with Crippen molar-refractivity contribution >= 4 is 17.6 Å². The first kappa shape index (κ1) is 13.6. The minimum absolute atomic E-state index is 0.358. The van der Waals surface area contributed by atoms with E-state index >= 15 is 0 Å². The van der Waals surface area contributed by atoms with E-state index in [4.69, 9.17) is 22.1 Å². The molecule has 17 heavy (non-hydrogen) atoms. The van der Waals surface area contributed by atoms with Crippen LogP contribution in [0.3, 0.4) is 0 Å². The molecule has 1 aromatic carbocycles. The number of hydrogen-bond acceptors (Lipinski definition) is 3. The van der Waals surface area contributed by atoms with Gasteiger partial charge in [0.15, 0.2) is 0 Å². The number of rotatable bonds is 5. The normalized spacial score (nSPS) is 11.3. The summed E-state index contributed by atoms with van der Waals surface area (Å²) in [5.74, 6) is -0.393. The third-order valence-electron chi connectivity index (χ3n) is 2.18. The summed E-state index contributed by atoms with van der Waals surface area (Å²) in [5.41, 5.74) is 7.33. The molecule has 2 N–H and O–H groups in total. The lowest BCUT2D eigenvalue weighted by Gasteiger charge is -2.03. The molecule has 92 valence electrons. The first-order valence-corrected chi connectivity index (χ1v) is 5.87. The first-order valence-electron chi connectivity index (χ1n) is 5.49. The fourth-order valence-electron chi connectivity index (χ4n) is 1.39. The molecule has 0 atom stereocenters. The first-order chi connectivity index (χ1) is 8.11. The summed E-state index contributed by atoms with van der Waals surface area (Å²) < 4.78 is 4.77. The van der Waals surface area contributed by atoms with E-state index in [1.54, 1.807) is 6.92 Å². The average Bonchev–Trinajstić information content (AvgIpc) is 2.27. The summed E-state index contributed by atoms with van der Waals surface area (Å²) in [7, 11) is 0. The van der Waals surface area contributed by atoms with Gasteiger partial charge in [0, 0.05) is 16.8 Å². The molecular weight excluding hydrogens is 238 g/mol. The van der Waals surface area contributed by atoms with Crippen molar-refractivity contribution in [3.8, 4) is 0 Å². The molecule has 0 radical (unpaired) electrons. The van der Waals surface area contributed by atoms with Crippen LogP contribution < -0.4 is 5.73 Å². The minimum Gasteiger partial charge on any atom is -0.463 e. The lowest BCUT2D eigenvalue weighted by atomic mass is 10.1. The predicted octanol–water partition coefficient (Wildman–Crippen LogP) is 2.68. The summed E-state index contributed by atoms with van der Waals surface area (Å²) in [6.07, 6.45) is 2.69. The monoisotopic (exact) mass is 253 g/mol. The molecule has 0 unspecified atom stereocenters. The maximum Gasteiger partial charge on any atom is 0.332 e. The third-order valence-corrected chi connectivity index (χ3v) is 2.42. The molecule has 0 aliphatic heterocycles. The average molecular weight is 254 g/mol. The van der Waals surface area contributed by atoms with Crippen LogP contribution in [0.4, 0.5) is 0 Å². The maximum absolute atomic E-state index is 11.1. The summed E-state index contributed by atoms with van der Waals surface area (Å²) >= 11 is 5.87. The van der Waals surface area contributed by atoms with Crippen LogP contribution >= 0.6 is 11.6 Å². The van der Waals surface area contributed by atoms with Gasteiger partial charge < -0.3 is 10.5 Å². The van der Waals surface area contributed by atoms with Crippen LogP contribution in [-0.4, -0.2) is 12.6 Å². The fraction of sp³-hybridized carbons (Fsp3) is 0.308. The molecule has 0 aliphatic rings. The van der Waals surface area contributed by atoms with Crippen LogP contribution in [0.25, 0.3) is 0 Å². The Kier molecular flexibility index (Phi) is 5.57. The summed E-state index contributed by atoms with van der Waals surface area (Å²) in [4.78, 5) is 11.1. The third kappa shape index (κ3) is 5.41. The number of carbonyl (C=O) groups excluding carboxylic acids is 1. The van der Waals surface area contributed by atoms with E-state index in [1.807, 2.05) is 24.3 Å². The molecule has 0 bridgehead atoms. The molecule has 0 saturated carbocycles. The number of carbonyl (C=O) groups is 1. The highest BCUT2D eigenvalue weighted by atomic mass is 35.5. The molecule has 0 saturated heterocycles. The molecule has 1 rings (SSSR count). The number of hydrogen-bond donors (Lipinski definition) is 1. The highest BCUT2D eigenvalue weighted by Crippen LogP contribution is 2.13. The lowest BCUT2D eigenvalue weighted by molar-refractivity contribution is -0.137. The van der Waals surface area contributed by atoms with Crippen LogP contribution in [0, 0.1) is 0 Å². The molecular formula is C13H16ClNO2. The number of aryl methyl sites for hydroxylation is 1. The van der Waals surface area contributed by atoms with Crippen LogP contribution in [0.5, 0.6) is 0 Å². The van der Waals surface area contributed by atoms with Gasteiger partial charge in [0.05, 0.1) is 6.61 Å². The van der Waals surface area contributed by atoms with Gasteiger partial charge in [-0.05, 0) is 37.5 Å². The Labute approximate surface area is 106 Å². The van der Waals surface area contributed by atoms with Crippen molar-refractivity contribution in [1.29, 1.82) is 0 Å². The quantitative estimate of drug-likeness (QED) is 0.648. The van der Waals surface area contributed by atoms with E-state index in [0.717, 1.165) is 12.0 Å². The Morgan fingerprint density at radius 2 is 2.29 bits per heavy atom. The van der Waals surface area contributed by atoms with Crippen molar-refractivity contribution in [2.45, 2.75) is 19.8 Å². The highest BCUT2D eigenvalue weighted by molar-refractivity contribution is 6.30. The van der Waals surface area contributed by atoms with E-state index in [0.29, 0.717) is 23.7 Å². The minimum atomic E-state index is -0.393. The largest absolute Gasteiger partial charge is 0.463 e. The van der Waals surface area contributed by atoms with Crippen LogP contribution in [-0.2, 0) is 16.0 Å². The number of halogens is 1. The smallest absolute Gasteiger partial charge is 0.332 e. The van der Waals surface area contributed by atoms with Crippen molar-refractivity contribution < 1.29 is 9.53 Å². The molecule has 0 aliphatic carbocycles. The SMILES string of the molecule is CCOC(=O)/C=C(\N)CCc1cccc(Cl)c1. The number of benzene rings is 1. The van der Waals surface area contributed by atoms with Crippen molar-refractivity contribution in [2.75, 3.05) is 6.61 Å². The number of allylic oxidation sites excluding steroid dienone is 1. The van der Waals surface area contributed by atoms with Crippen LogP contribution in [0.2, 0.25) is 5.02 Å². The Bertz CT molecular complexity index is 416. The van der Waals surface area contributed by atoms with Gasteiger partial charge in [-0.15, -0.1) is 0 Å².